The van der Waals surface area contributed by atoms with E-state index < -0.39 is 29.1 Å². The second-order valence-electron chi connectivity index (χ2n) is 7.17. The fraction of sp³-hybridized carbons (Fsp3) is 0.261. The molecule has 31 heavy (non-hydrogen) atoms. The Morgan fingerprint density at radius 1 is 1.06 bits per heavy atom. The lowest BCUT2D eigenvalue weighted by atomic mass is 10.0. The summed E-state index contributed by atoms with van der Waals surface area (Å²) >= 11 is 0. The zero-order chi connectivity index (χ0) is 22.5. The highest BCUT2D eigenvalue weighted by molar-refractivity contribution is 5.94. The van der Waals surface area contributed by atoms with Gasteiger partial charge < -0.3 is 14.5 Å². The molecule has 0 saturated heterocycles. The van der Waals surface area contributed by atoms with E-state index in [1.165, 1.54) is 6.07 Å². The summed E-state index contributed by atoms with van der Waals surface area (Å²) in [6, 6.07) is 7.61. The van der Waals surface area contributed by atoms with Crippen molar-refractivity contribution in [2.45, 2.75) is 33.3 Å². The van der Waals surface area contributed by atoms with E-state index in [-0.39, 0.29) is 31.6 Å². The molecule has 3 aromatic rings. The molecule has 0 atom stereocenters. The predicted octanol–water partition coefficient (Wildman–Crippen LogP) is 3.94. The van der Waals surface area contributed by atoms with Crippen LogP contribution in [-0.2, 0) is 16.1 Å². The zero-order valence-corrected chi connectivity index (χ0v) is 17.1. The third-order valence-electron chi connectivity index (χ3n) is 4.85. The van der Waals surface area contributed by atoms with Crippen LogP contribution in [0, 0.1) is 25.5 Å². The molecule has 1 aromatic heterocycles. The van der Waals surface area contributed by atoms with Gasteiger partial charge in [-0.05, 0) is 55.7 Å². The molecule has 0 unspecified atom stereocenters. The normalized spacial score (nSPS) is 10.8. The topological polar surface area (TPSA) is 85.6 Å². The molecule has 0 aliphatic heterocycles. The van der Waals surface area contributed by atoms with Crippen LogP contribution in [0.4, 0.5) is 8.78 Å². The standard InChI is InChI=1S/C23H21F2NO5/c1-13-8-18-15(10-22(28)31-20(18)9-14(13)2)12-30-21(27)4-3-7-26-23(29)17-6-5-16(24)11-19(17)25/h5-6,8-11H,3-4,7,12H2,1-2H3,(H,26,29). The Kier molecular flexibility index (Phi) is 6.79. The Balaban J connectivity index is 1.51. The molecule has 3 rings (SSSR count). The van der Waals surface area contributed by atoms with Crippen molar-refractivity contribution in [3.05, 3.63) is 80.7 Å². The summed E-state index contributed by atoms with van der Waals surface area (Å²) in [5.74, 6) is -2.93. The SMILES string of the molecule is Cc1cc2oc(=O)cc(COC(=O)CCCNC(=O)c3ccc(F)cc3F)c2cc1C. The van der Waals surface area contributed by atoms with E-state index in [2.05, 4.69) is 5.32 Å². The summed E-state index contributed by atoms with van der Waals surface area (Å²) in [5.41, 5.74) is 2.16. The van der Waals surface area contributed by atoms with Crippen LogP contribution >= 0.6 is 0 Å². The number of ether oxygens (including phenoxy) is 1. The lowest BCUT2D eigenvalue weighted by molar-refractivity contribution is -0.145. The summed E-state index contributed by atoms with van der Waals surface area (Å²) < 4.78 is 36.9. The molecule has 0 radical (unpaired) electrons. The third-order valence-corrected chi connectivity index (χ3v) is 4.85. The lowest BCUT2D eigenvalue weighted by Gasteiger charge is -2.09. The van der Waals surface area contributed by atoms with Crippen molar-refractivity contribution in [1.82, 2.24) is 5.32 Å². The molecule has 162 valence electrons. The highest BCUT2D eigenvalue weighted by Crippen LogP contribution is 2.22. The fourth-order valence-electron chi connectivity index (χ4n) is 3.04. The number of hydrogen-bond donors (Lipinski definition) is 1. The molecule has 1 heterocycles. The average Bonchev–Trinajstić information content (AvgIpc) is 2.70. The largest absolute Gasteiger partial charge is 0.461 e. The number of halogens is 2. The zero-order valence-electron chi connectivity index (χ0n) is 17.1. The molecule has 1 amide bonds. The Morgan fingerprint density at radius 2 is 1.81 bits per heavy atom. The molecular formula is C23H21F2NO5. The lowest BCUT2D eigenvalue weighted by Crippen LogP contribution is -2.26. The van der Waals surface area contributed by atoms with Crippen molar-refractivity contribution in [3.63, 3.8) is 0 Å². The molecule has 0 aliphatic carbocycles. The number of carbonyl (C=O) groups is 2. The van der Waals surface area contributed by atoms with Gasteiger partial charge in [-0.3, -0.25) is 9.59 Å². The maximum Gasteiger partial charge on any atom is 0.336 e. The molecule has 0 fully saturated rings. The van der Waals surface area contributed by atoms with Crippen LogP contribution in [0.3, 0.4) is 0 Å². The smallest absolute Gasteiger partial charge is 0.336 e. The number of esters is 1. The van der Waals surface area contributed by atoms with Gasteiger partial charge in [0.2, 0.25) is 0 Å². The van der Waals surface area contributed by atoms with Gasteiger partial charge in [0.25, 0.3) is 5.91 Å². The number of carbonyl (C=O) groups excluding carboxylic acids is 2. The van der Waals surface area contributed by atoms with Crippen molar-refractivity contribution in [3.8, 4) is 0 Å². The summed E-state index contributed by atoms with van der Waals surface area (Å²) in [6.45, 7) is 3.87. The number of nitrogens with one attached hydrogen (secondary N) is 1. The number of rotatable bonds is 7. The first-order valence-corrected chi connectivity index (χ1v) is 9.67. The van der Waals surface area contributed by atoms with Crippen molar-refractivity contribution >= 4 is 22.8 Å². The molecule has 0 aliphatic rings. The van der Waals surface area contributed by atoms with Gasteiger partial charge in [-0.2, -0.15) is 0 Å². The van der Waals surface area contributed by atoms with Crippen LogP contribution in [0.2, 0.25) is 0 Å². The van der Waals surface area contributed by atoms with Gasteiger partial charge in [0, 0.05) is 36.0 Å². The van der Waals surface area contributed by atoms with E-state index in [4.69, 9.17) is 9.15 Å². The Bertz CT molecular complexity index is 1200. The van der Waals surface area contributed by atoms with E-state index in [0.717, 1.165) is 23.3 Å². The van der Waals surface area contributed by atoms with Crippen molar-refractivity contribution in [2.75, 3.05) is 6.54 Å². The van der Waals surface area contributed by atoms with Gasteiger partial charge in [-0.15, -0.1) is 0 Å². The van der Waals surface area contributed by atoms with Crippen molar-refractivity contribution < 1.29 is 27.5 Å². The first-order valence-electron chi connectivity index (χ1n) is 9.67. The Morgan fingerprint density at radius 3 is 2.55 bits per heavy atom. The summed E-state index contributed by atoms with van der Waals surface area (Å²) in [5, 5.41) is 3.17. The van der Waals surface area contributed by atoms with E-state index in [1.54, 1.807) is 6.07 Å². The van der Waals surface area contributed by atoms with Crippen LogP contribution in [0.15, 0.2) is 45.6 Å². The first-order chi connectivity index (χ1) is 14.7. The molecule has 1 N–H and O–H groups in total. The number of benzene rings is 2. The quantitative estimate of drug-likeness (QED) is 0.349. The van der Waals surface area contributed by atoms with Crippen LogP contribution < -0.4 is 10.9 Å². The molecule has 0 spiro atoms. The summed E-state index contributed by atoms with van der Waals surface area (Å²) in [4.78, 5) is 35.7. The average molecular weight is 429 g/mol. The fourth-order valence-corrected chi connectivity index (χ4v) is 3.04. The maximum atomic E-state index is 13.6. The summed E-state index contributed by atoms with van der Waals surface area (Å²) in [6.07, 6.45) is 0.285. The minimum atomic E-state index is -0.957. The summed E-state index contributed by atoms with van der Waals surface area (Å²) in [7, 11) is 0. The number of aryl methyl sites for hydroxylation is 2. The maximum absolute atomic E-state index is 13.6. The molecule has 0 bridgehead atoms. The molecule has 0 saturated carbocycles. The van der Waals surface area contributed by atoms with E-state index >= 15 is 0 Å². The third kappa shape index (κ3) is 5.53. The van der Waals surface area contributed by atoms with E-state index in [9.17, 15) is 23.2 Å². The number of fused-ring (bicyclic) bond motifs is 1. The highest BCUT2D eigenvalue weighted by Gasteiger charge is 2.13. The Hall–Kier alpha value is -3.55. The van der Waals surface area contributed by atoms with Gasteiger partial charge in [-0.25, -0.2) is 13.6 Å². The molecule has 2 aromatic carbocycles. The number of amides is 1. The second-order valence-corrected chi connectivity index (χ2v) is 7.17. The molecule has 6 nitrogen and oxygen atoms in total. The van der Waals surface area contributed by atoms with Crippen LogP contribution in [-0.4, -0.2) is 18.4 Å². The second kappa shape index (κ2) is 9.51. The van der Waals surface area contributed by atoms with Crippen LogP contribution in [0.25, 0.3) is 11.0 Å². The van der Waals surface area contributed by atoms with Gasteiger partial charge in [0.15, 0.2) is 0 Å². The van der Waals surface area contributed by atoms with Gasteiger partial charge in [0.05, 0.1) is 5.56 Å². The minimum Gasteiger partial charge on any atom is -0.461 e. The molecular weight excluding hydrogens is 408 g/mol. The van der Waals surface area contributed by atoms with E-state index in [0.29, 0.717) is 22.6 Å². The minimum absolute atomic E-state index is 0.0175. The van der Waals surface area contributed by atoms with Gasteiger partial charge >= 0.3 is 11.6 Å². The molecule has 8 heteroatoms. The van der Waals surface area contributed by atoms with Crippen LogP contribution in [0.5, 0.6) is 0 Å². The van der Waals surface area contributed by atoms with Gasteiger partial charge in [0.1, 0.15) is 23.8 Å². The first kappa shape index (κ1) is 22.1. The Labute approximate surface area is 176 Å². The monoisotopic (exact) mass is 429 g/mol. The van der Waals surface area contributed by atoms with Crippen molar-refractivity contribution in [1.29, 1.82) is 0 Å². The van der Waals surface area contributed by atoms with E-state index in [1.807, 2.05) is 19.9 Å². The van der Waals surface area contributed by atoms with Gasteiger partial charge in [-0.1, -0.05) is 0 Å². The van der Waals surface area contributed by atoms with Crippen molar-refractivity contribution in [2.24, 2.45) is 0 Å². The van der Waals surface area contributed by atoms with Crippen LogP contribution in [0.1, 0.15) is 39.9 Å². The number of hydrogen-bond acceptors (Lipinski definition) is 5. The highest BCUT2D eigenvalue weighted by atomic mass is 19.1. The predicted molar refractivity (Wildman–Crippen MR) is 110 cm³/mol.